The predicted octanol–water partition coefficient (Wildman–Crippen LogP) is 5.32. The van der Waals surface area contributed by atoms with E-state index in [9.17, 15) is 13.2 Å². The van der Waals surface area contributed by atoms with Crippen LogP contribution in [-0.2, 0) is 6.42 Å². The van der Waals surface area contributed by atoms with E-state index in [0.29, 0.717) is 15.6 Å². The Hall–Kier alpha value is -0.850. The average Bonchev–Trinajstić information content (AvgIpc) is 2.28. The molecule has 8 heteroatoms. The molecular weight excluding hydrogens is 380 g/mol. The van der Waals surface area contributed by atoms with E-state index in [0.717, 1.165) is 0 Å². The van der Waals surface area contributed by atoms with Gasteiger partial charge in [0, 0.05) is 10.0 Å². The summed E-state index contributed by atoms with van der Waals surface area (Å²) in [5.41, 5.74) is 0.910. The third-order valence-electron chi connectivity index (χ3n) is 2.37. The van der Waals surface area contributed by atoms with Gasteiger partial charge in [0.1, 0.15) is 22.6 Å². The lowest BCUT2D eigenvalue weighted by Crippen LogP contribution is -2.14. The third kappa shape index (κ3) is 3.62. The van der Waals surface area contributed by atoms with Gasteiger partial charge in [-0.15, -0.1) is 0 Å². The molecule has 0 amide bonds. The molecule has 106 valence electrons. The second kappa shape index (κ2) is 5.87. The van der Waals surface area contributed by atoms with Crippen molar-refractivity contribution < 1.29 is 13.2 Å². The highest BCUT2D eigenvalue weighted by molar-refractivity contribution is 9.10. The molecule has 0 radical (unpaired) electrons. The first-order valence-electron chi connectivity index (χ1n) is 5.31. The molecule has 0 N–H and O–H groups in total. The Morgan fingerprint density at radius 2 is 1.60 bits per heavy atom. The Kier molecular flexibility index (Phi) is 4.56. The molecule has 1 aromatic carbocycles. The maximum absolute atomic E-state index is 12.3. The molecule has 0 saturated carbocycles. The van der Waals surface area contributed by atoms with Crippen LogP contribution in [0.1, 0.15) is 5.82 Å². The van der Waals surface area contributed by atoms with E-state index in [1.807, 2.05) is 0 Å². The van der Waals surface area contributed by atoms with Crippen molar-refractivity contribution in [2.45, 2.75) is 12.6 Å². The maximum Gasteiger partial charge on any atom is 0.396 e. The van der Waals surface area contributed by atoms with Crippen LogP contribution in [0.2, 0.25) is 10.3 Å². The number of hydrogen-bond donors (Lipinski definition) is 0. The van der Waals surface area contributed by atoms with Crippen molar-refractivity contribution in [2.24, 2.45) is 0 Å². The Bertz CT molecular complexity index is 624. The predicted molar refractivity (Wildman–Crippen MR) is 74.9 cm³/mol. The summed E-state index contributed by atoms with van der Waals surface area (Å²) < 4.78 is 37.6. The van der Waals surface area contributed by atoms with E-state index in [2.05, 4.69) is 25.9 Å². The largest absolute Gasteiger partial charge is 0.396 e. The average molecular weight is 386 g/mol. The zero-order valence-electron chi connectivity index (χ0n) is 9.68. The van der Waals surface area contributed by atoms with Crippen molar-refractivity contribution in [3.8, 4) is 11.1 Å². The van der Waals surface area contributed by atoms with Gasteiger partial charge in [-0.1, -0.05) is 57.3 Å². The van der Waals surface area contributed by atoms with E-state index in [4.69, 9.17) is 23.2 Å². The molecule has 0 aliphatic carbocycles. The highest BCUT2D eigenvalue weighted by Gasteiger charge is 2.30. The molecule has 0 spiro atoms. The molecule has 2 rings (SSSR count). The van der Waals surface area contributed by atoms with Crippen molar-refractivity contribution in [3.63, 3.8) is 0 Å². The summed E-state index contributed by atoms with van der Waals surface area (Å²) in [6, 6.07) is 7.00. The molecular formula is C12H6BrCl2F3N2. The highest BCUT2D eigenvalue weighted by Crippen LogP contribution is 2.37. The Balaban J connectivity index is 2.50. The van der Waals surface area contributed by atoms with Crippen LogP contribution in [0, 0.1) is 0 Å². The minimum atomic E-state index is -4.42. The first-order valence-corrected chi connectivity index (χ1v) is 6.86. The second-order valence-electron chi connectivity index (χ2n) is 3.87. The zero-order valence-corrected chi connectivity index (χ0v) is 12.8. The molecule has 1 aromatic heterocycles. The minimum Gasteiger partial charge on any atom is -0.220 e. The maximum atomic E-state index is 12.3. The van der Waals surface area contributed by atoms with Gasteiger partial charge in [-0.3, -0.25) is 0 Å². The van der Waals surface area contributed by atoms with Crippen molar-refractivity contribution in [2.75, 3.05) is 0 Å². The molecule has 0 bridgehead atoms. The van der Waals surface area contributed by atoms with E-state index in [-0.39, 0.29) is 10.3 Å². The Morgan fingerprint density at radius 3 is 2.10 bits per heavy atom. The van der Waals surface area contributed by atoms with Crippen molar-refractivity contribution in [1.29, 1.82) is 0 Å². The van der Waals surface area contributed by atoms with Crippen LogP contribution in [-0.4, -0.2) is 16.1 Å². The molecule has 1 heterocycles. The van der Waals surface area contributed by atoms with Gasteiger partial charge in [-0.25, -0.2) is 9.97 Å². The number of nitrogens with zero attached hydrogens (tertiary/aromatic N) is 2. The van der Waals surface area contributed by atoms with E-state index >= 15 is 0 Å². The van der Waals surface area contributed by atoms with E-state index in [1.54, 1.807) is 24.3 Å². The SMILES string of the molecule is FC(F)(F)Cc1nc(Cl)c(-c2ccccc2Br)c(Cl)n1. The molecule has 0 unspecified atom stereocenters. The fourth-order valence-corrected chi connectivity index (χ4v) is 2.70. The summed E-state index contributed by atoms with van der Waals surface area (Å²) in [4.78, 5) is 7.33. The lowest BCUT2D eigenvalue weighted by Gasteiger charge is -2.11. The minimum absolute atomic E-state index is 0.115. The number of rotatable bonds is 2. The zero-order chi connectivity index (χ0) is 14.9. The van der Waals surface area contributed by atoms with Crippen LogP contribution < -0.4 is 0 Å². The van der Waals surface area contributed by atoms with Gasteiger partial charge in [0.15, 0.2) is 0 Å². The smallest absolute Gasteiger partial charge is 0.220 e. The third-order valence-corrected chi connectivity index (χ3v) is 3.61. The first kappa shape index (κ1) is 15.5. The van der Waals surface area contributed by atoms with Gasteiger partial charge >= 0.3 is 6.18 Å². The lowest BCUT2D eigenvalue weighted by atomic mass is 10.1. The standard InChI is InChI=1S/C12H6BrCl2F3N2/c13-7-4-2-1-3-6(7)9-10(14)19-8(20-11(9)15)5-12(16,17)18/h1-4H,5H2. The van der Waals surface area contributed by atoms with Crippen LogP contribution in [0.4, 0.5) is 13.2 Å². The quantitative estimate of drug-likeness (QED) is 0.654. The molecule has 0 saturated heterocycles. The van der Waals surface area contributed by atoms with Gasteiger partial charge in [-0.05, 0) is 6.07 Å². The summed E-state index contributed by atoms with van der Waals surface area (Å²) in [5, 5.41) is -0.229. The number of aromatic nitrogens is 2. The van der Waals surface area contributed by atoms with Crippen LogP contribution >= 0.6 is 39.1 Å². The van der Waals surface area contributed by atoms with E-state index < -0.39 is 18.4 Å². The number of halogens is 6. The fraction of sp³-hybridized carbons (Fsp3) is 0.167. The van der Waals surface area contributed by atoms with Crippen molar-refractivity contribution in [1.82, 2.24) is 9.97 Å². The molecule has 0 fully saturated rings. The fourth-order valence-electron chi connectivity index (χ4n) is 1.59. The normalized spacial score (nSPS) is 11.7. The van der Waals surface area contributed by atoms with Crippen LogP contribution in [0.15, 0.2) is 28.7 Å². The molecule has 0 atom stereocenters. The highest BCUT2D eigenvalue weighted by atomic mass is 79.9. The van der Waals surface area contributed by atoms with Gasteiger partial charge < -0.3 is 0 Å². The number of benzene rings is 1. The van der Waals surface area contributed by atoms with Gasteiger partial charge in [0.2, 0.25) is 0 Å². The van der Waals surface area contributed by atoms with Crippen LogP contribution in [0.5, 0.6) is 0 Å². The monoisotopic (exact) mass is 384 g/mol. The molecule has 2 nitrogen and oxygen atoms in total. The molecule has 20 heavy (non-hydrogen) atoms. The number of alkyl halides is 3. The lowest BCUT2D eigenvalue weighted by molar-refractivity contribution is -0.128. The van der Waals surface area contributed by atoms with Crippen molar-refractivity contribution >= 4 is 39.1 Å². The number of hydrogen-bond acceptors (Lipinski definition) is 2. The summed E-state index contributed by atoms with van der Waals surface area (Å²) in [6.45, 7) is 0. The van der Waals surface area contributed by atoms with Gasteiger partial charge in [-0.2, -0.15) is 13.2 Å². The summed E-state index contributed by atoms with van der Waals surface area (Å²) in [7, 11) is 0. The summed E-state index contributed by atoms with van der Waals surface area (Å²) in [5.74, 6) is -0.455. The second-order valence-corrected chi connectivity index (χ2v) is 5.44. The Labute approximate surface area is 131 Å². The van der Waals surface area contributed by atoms with Gasteiger partial charge in [0.05, 0.1) is 5.56 Å². The molecule has 2 aromatic rings. The summed E-state index contributed by atoms with van der Waals surface area (Å²) in [6.07, 6.45) is -5.69. The first-order chi connectivity index (χ1) is 9.28. The Morgan fingerprint density at radius 1 is 1.05 bits per heavy atom. The molecule has 0 aliphatic heterocycles. The van der Waals surface area contributed by atoms with Crippen LogP contribution in [0.3, 0.4) is 0 Å². The van der Waals surface area contributed by atoms with Crippen LogP contribution in [0.25, 0.3) is 11.1 Å². The molecule has 0 aliphatic rings. The van der Waals surface area contributed by atoms with E-state index in [1.165, 1.54) is 0 Å². The van der Waals surface area contributed by atoms with Gasteiger partial charge in [0.25, 0.3) is 0 Å². The summed E-state index contributed by atoms with van der Waals surface area (Å²) >= 11 is 15.2. The topological polar surface area (TPSA) is 25.8 Å². The van der Waals surface area contributed by atoms with Crippen molar-refractivity contribution in [3.05, 3.63) is 44.9 Å².